The first-order valence-electron chi connectivity index (χ1n) is 7.45. The maximum absolute atomic E-state index is 12.4. The van der Waals surface area contributed by atoms with E-state index in [2.05, 4.69) is 10.4 Å². The summed E-state index contributed by atoms with van der Waals surface area (Å²) in [5, 5.41) is 16.1. The molecule has 1 unspecified atom stereocenters. The monoisotopic (exact) mass is 331 g/mol. The van der Waals surface area contributed by atoms with Gasteiger partial charge in [0.25, 0.3) is 5.91 Å². The van der Waals surface area contributed by atoms with Crippen LogP contribution in [-0.4, -0.2) is 46.0 Å². The van der Waals surface area contributed by atoms with Crippen molar-refractivity contribution < 1.29 is 19.4 Å². The Morgan fingerprint density at radius 1 is 1.29 bits per heavy atom. The highest BCUT2D eigenvalue weighted by Gasteiger charge is 2.35. The zero-order valence-electron chi connectivity index (χ0n) is 14.2. The Bertz CT molecular complexity index is 752. The predicted octanol–water partition coefficient (Wildman–Crippen LogP) is 1.71. The van der Waals surface area contributed by atoms with Crippen LogP contribution in [0.5, 0.6) is 0 Å². The molecule has 128 valence electrons. The number of hydrogen-bond acceptors (Lipinski definition) is 4. The Morgan fingerprint density at radius 2 is 1.92 bits per heavy atom. The number of aryl methyl sites for hydroxylation is 2. The van der Waals surface area contributed by atoms with Crippen LogP contribution < -0.4 is 5.32 Å². The molecule has 2 aromatic rings. The summed E-state index contributed by atoms with van der Waals surface area (Å²) in [5.74, 6) is -1.74. The van der Waals surface area contributed by atoms with Crippen molar-refractivity contribution in [2.75, 3.05) is 13.7 Å². The van der Waals surface area contributed by atoms with Crippen LogP contribution in [0.2, 0.25) is 0 Å². The highest BCUT2D eigenvalue weighted by Crippen LogP contribution is 2.14. The minimum absolute atomic E-state index is 0.147. The van der Waals surface area contributed by atoms with Gasteiger partial charge >= 0.3 is 5.97 Å². The molecule has 0 aliphatic heterocycles. The predicted molar refractivity (Wildman–Crippen MR) is 88.4 cm³/mol. The third-order valence-corrected chi connectivity index (χ3v) is 3.69. The molecule has 0 radical (unpaired) electrons. The topological polar surface area (TPSA) is 93.5 Å². The van der Waals surface area contributed by atoms with E-state index in [4.69, 9.17) is 4.74 Å². The van der Waals surface area contributed by atoms with Gasteiger partial charge in [0.2, 0.25) is 0 Å². The summed E-state index contributed by atoms with van der Waals surface area (Å²) in [5.41, 5.74) is 1.35. The molecule has 7 nitrogen and oxygen atoms in total. The van der Waals surface area contributed by atoms with Gasteiger partial charge in [0.05, 0.1) is 12.3 Å². The minimum atomic E-state index is -1.52. The van der Waals surface area contributed by atoms with Crippen molar-refractivity contribution in [3.8, 4) is 5.69 Å². The number of carbonyl (C=O) groups is 2. The minimum Gasteiger partial charge on any atom is -0.479 e. The van der Waals surface area contributed by atoms with E-state index >= 15 is 0 Å². The second-order valence-corrected chi connectivity index (χ2v) is 5.94. The van der Waals surface area contributed by atoms with Crippen LogP contribution in [0, 0.1) is 13.8 Å². The van der Waals surface area contributed by atoms with Crippen LogP contribution in [0.1, 0.15) is 28.7 Å². The number of hydrogen-bond donors (Lipinski definition) is 2. The normalized spacial score (nSPS) is 13.3. The first-order valence-corrected chi connectivity index (χ1v) is 7.45. The lowest BCUT2D eigenvalue weighted by molar-refractivity contribution is -0.145. The number of aromatic nitrogens is 2. The van der Waals surface area contributed by atoms with Crippen molar-refractivity contribution in [3.63, 3.8) is 0 Å². The Morgan fingerprint density at radius 3 is 2.46 bits per heavy atom. The number of benzene rings is 1. The quantitative estimate of drug-likeness (QED) is 0.840. The van der Waals surface area contributed by atoms with Crippen molar-refractivity contribution in [2.24, 2.45) is 0 Å². The van der Waals surface area contributed by atoms with Crippen LogP contribution in [0.15, 0.2) is 30.3 Å². The molecule has 0 aliphatic carbocycles. The number of aliphatic carboxylic acids is 1. The molecule has 0 aliphatic rings. The molecule has 2 N–H and O–H groups in total. The third kappa shape index (κ3) is 3.62. The molecule has 0 fully saturated rings. The largest absolute Gasteiger partial charge is 0.479 e. The van der Waals surface area contributed by atoms with Gasteiger partial charge < -0.3 is 15.2 Å². The van der Waals surface area contributed by atoms with Crippen molar-refractivity contribution in [1.29, 1.82) is 0 Å². The van der Waals surface area contributed by atoms with Crippen molar-refractivity contribution in [3.05, 3.63) is 47.3 Å². The molecule has 0 bridgehead atoms. The molecule has 1 amide bonds. The zero-order chi connectivity index (χ0) is 17.9. The van der Waals surface area contributed by atoms with Gasteiger partial charge in [-0.3, -0.25) is 4.79 Å². The fraction of sp³-hybridized carbons (Fsp3) is 0.353. The van der Waals surface area contributed by atoms with Crippen LogP contribution >= 0.6 is 0 Å². The van der Waals surface area contributed by atoms with Gasteiger partial charge in [0.15, 0.2) is 11.2 Å². The molecule has 0 spiro atoms. The van der Waals surface area contributed by atoms with Crippen LogP contribution in [0.25, 0.3) is 5.69 Å². The van der Waals surface area contributed by atoms with E-state index in [1.165, 1.54) is 14.0 Å². The molecule has 0 saturated carbocycles. The lowest BCUT2D eigenvalue weighted by atomic mass is 10.0. The number of ether oxygens (including phenoxy) is 1. The highest BCUT2D eigenvalue weighted by molar-refractivity contribution is 5.96. The molecule has 1 atom stereocenters. The van der Waals surface area contributed by atoms with Gasteiger partial charge in [-0.2, -0.15) is 5.10 Å². The summed E-state index contributed by atoms with van der Waals surface area (Å²) in [6.45, 7) is 5.06. The summed E-state index contributed by atoms with van der Waals surface area (Å²) in [7, 11) is 1.38. The van der Waals surface area contributed by atoms with Crippen LogP contribution in [-0.2, 0) is 9.53 Å². The molecule has 1 aromatic heterocycles. The van der Waals surface area contributed by atoms with E-state index in [0.717, 1.165) is 16.9 Å². The van der Waals surface area contributed by atoms with Gasteiger partial charge in [-0.25, -0.2) is 9.48 Å². The fourth-order valence-electron chi connectivity index (χ4n) is 2.29. The van der Waals surface area contributed by atoms with Crippen molar-refractivity contribution in [2.45, 2.75) is 26.3 Å². The number of carboxylic acid groups (broad SMARTS) is 1. The molecular formula is C17H21N3O4. The first-order chi connectivity index (χ1) is 11.3. The Hall–Kier alpha value is -2.67. The summed E-state index contributed by atoms with van der Waals surface area (Å²) >= 11 is 0. The molecule has 0 saturated heterocycles. The Balaban J connectivity index is 2.27. The fourth-order valence-corrected chi connectivity index (χ4v) is 2.29. The van der Waals surface area contributed by atoms with Crippen molar-refractivity contribution >= 4 is 11.9 Å². The third-order valence-electron chi connectivity index (χ3n) is 3.69. The average molecular weight is 331 g/mol. The number of nitrogens with zero attached hydrogens (tertiary/aromatic N) is 2. The second kappa shape index (κ2) is 6.84. The number of rotatable bonds is 6. The summed E-state index contributed by atoms with van der Waals surface area (Å²) in [6, 6.07) is 9.34. The van der Waals surface area contributed by atoms with E-state index in [9.17, 15) is 14.7 Å². The molecule has 1 aromatic carbocycles. The number of methoxy groups -OCH3 is 1. The van der Waals surface area contributed by atoms with Gasteiger partial charge in [-0.05, 0) is 39.0 Å². The zero-order valence-corrected chi connectivity index (χ0v) is 14.2. The van der Waals surface area contributed by atoms with Crippen LogP contribution in [0.3, 0.4) is 0 Å². The number of nitrogens with one attached hydrogen (secondary N) is 1. The first kappa shape index (κ1) is 17.7. The Kier molecular flexibility index (Phi) is 5.04. The van der Waals surface area contributed by atoms with E-state index in [1.54, 1.807) is 10.7 Å². The number of carboxylic acids is 1. The highest BCUT2D eigenvalue weighted by atomic mass is 16.5. The lowest BCUT2D eigenvalue weighted by Crippen LogP contribution is -2.55. The smallest absolute Gasteiger partial charge is 0.331 e. The maximum atomic E-state index is 12.4. The van der Waals surface area contributed by atoms with Gasteiger partial charge in [0.1, 0.15) is 0 Å². The Labute approximate surface area is 140 Å². The lowest BCUT2D eigenvalue weighted by Gasteiger charge is -2.24. The summed E-state index contributed by atoms with van der Waals surface area (Å²) < 4.78 is 6.53. The second-order valence-electron chi connectivity index (χ2n) is 5.94. The van der Waals surface area contributed by atoms with Gasteiger partial charge in [0, 0.05) is 12.8 Å². The number of amides is 1. The molecule has 2 rings (SSSR count). The summed E-state index contributed by atoms with van der Waals surface area (Å²) in [6.07, 6.45) is 0. The SMILES string of the molecule is COCC(C)(NC(=O)c1cc(C)n(-c2ccc(C)cc2)n1)C(=O)O. The van der Waals surface area contributed by atoms with E-state index in [-0.39, 0.29) is 12.3 Å². The van der Waals surface area contributed by atoms with E-state index in [0.29, 0.717) is 0 Å². The van der Waals surface area contributed by atoms with Crippen LogP contribution in [0.4, 0.5) is 0 Å². The molecule has 7 heteroatoms. The standard InChI is InChI=1S/C17H21N3O4/c1-11-5-7-13(8-6-11)20-12(2)9-14(19-20)15(21)18-17(3,10-24-4)16(22)23/h5-9H,10H2,1-4H3,(H,18,21)(H,22,23). The van der Waals surface area contributed by atoms with Gasteiger partial charge in [-0.1, -0.05) is 17.7 Å². The number of carbonyl (C=O) groups excluding carboxylic acids is 1. The average Bonchev–Trinajstić information content (AvgIpc) is 2.90. The maximum Gasteiger partial charge on any atom is 0.331 e. The molecule has 24 heavy (non-hydrogen) atoms. The molecule has 1 heterocycles. The van der Waals surface area contributed by atoms with E-state index in [1.807, 2.05) is 38.1 Å². The van der Waals surface area contributed by atoms with Gasteiger partial charge in [-0.15, -0.1) is 0 Å². The van der Waals surface area contributed by atoms with Crippen molar-refractivity contribution in [1.82, 2.24) is 15.1 Å². The van der Waals surface area contributed by atoms with E-state index < -0.39 is 17.4 Å². The summed E-state index contributed by atoms with van der Waals surface area (Å²) in [4.78, 5) is 23.8. The molecular weight excluding hydrogens is 310 g/mol.